The molecule has 0 bridgehead atoms. The summed E-state index contributed by atoms with van der Waals surface area (Å²) in [6, 6.07) is 2.42. The largest absolute Gasteiger partial charge is 0.381 e. The minimum Gasteiger partial charge on any atom is -0.381 e. The van der Waals surface area contributed by atoms with Crippen molar-refractivity contribution in [3.8, 4) is 0 Å². The Morgan fingerprint density at radius 2 is 2.60 bits per heavy atom. The van der Waals surface area contributed by atoms with Gasteiger partial charge in [-0.2, -0.15) is 5.10 Å². The first-order chi connectivity index (χ1) is 7.27. The molecule has 0 saturated carbocycles. The smallest absolute Gasteiger partial charge is 0.0547 e. The second-order valence-electron chi connectivity index (χ2n) is 4.24. The Bertz CT molecular complexity index is 305. The number of hydrogen-bond acceptors (Lipinski definition) is 3. The first-order valence-electron chi connectivity index (χ1n) is 5.56. The van der Waals surface area contributed by atoms with Crippen LogP contribution in [0.25, 0.3) is 0 Å². The fourth-order valence-electron chi connectivity index (χ4n) is 2.00. The number of rotatable bonds is 4. The van der Waals surface area contributed by atoms with E-state index < -0.39 is 0 Å². The van der Waals surface area contributed by atoms with Gasteiger partial charge < -0.3 is 10.1 Å². The van der Waals surface area contributed by atoms with Gasteiger partial charge in [-0.25, -0.2) is 0 Å². The Morgan fingerprint density at radius 1 is 1.73 bits per heavy atom. The summed E-state index contributed by atoms with van der Waals surface area (Å²) in [5, 5.41) is 7.70. The van der Waals surface area contributed by atoms with E-state index in [1.807, 2.05) is 17.9 Å². The zero-order valence-electron chi connectivity index (χ0n) is 9.44. The first kappa shape index (κ1) is 10.6. The highest BCUT2D eigenvalue weighted by Gasteiger charge is 2.17. The molecule has 1 aromatic rings. The van der Waals surface area contributed by atoms with Gasteiger partial charge in [0.1, 0.15) is 0 Å². The van der Waals surface area contributed by atoms with Gasteiger partial charge in [0.2, 0.25) is 0 Å². The minimum atomic E-state index is 0.359. The molecule has 2 unspecified atom stereocenters. The summed E-state index contributed by atoms with van der Waals surface area (Å²) in [6.45, 7) is 5.04. The lowest BCUT2D eigenvalue weighted by atomic mass is 10.1. The number of hydrogen-bond donors (Lipinski definition) is 1. The van der Waals surface area contributed by atoms with E-state index in [4.69, 9.17) is 4.74 Å². The zero-order valence-corrected chi connectivity index (χ0v) is 9.44. The van der Waals surface area contributed by atoms with Gasteiger partial charge in [0.25, 0.3) is 0 Å². The van der Waals surface area contributed by atoms with Crippen LogP contribution in [-0.2, 0) is 11.8 Å². The van der Waals surface area contributed by atoms with Gasteiger partial charge in [-0.3, -0.25) is 4.68 Å². The summed E-state index contributed by atoms with van der Waals surface area (Å²) in [5.74, 6) is 0.681. The molecule has 0 radical (unpaired) electrons. The third kappa shape index (κ3) is 2.58. The van der Waals surface area contributed by atoms with Crippen LogP contribution in [0.1, 0.15) is 25.1 Å². The van der Waals surface area contributed by atoms with Crippen molar-refractivity contribution in [2.45, 2.75) is 19.4 Å². The number of nitrogens with zero attached hydrogens (tertiary/aromatic N) is 2. The molecule has 1 saturated heterocycles. The highest BCUT2D eigenvalue weighted by Crippen LogP contribution is 2.14. The number of ether oxygens (including phenoxy) is 1. The molecule has 4 nitrogen and oxygen atoms in total. The van der Waals surface area contributed by atoms with E-state index >= 15 is 0 Å². The van der Waals surface area contributed by atoms with E-state index in [0.29, 0.717) is 12.0 Å². The van der Waals surface area contributed by atoms with E-state index in [0.717, 1.165) is 19.8 Å². The van der Waals surface area contributed by atoms with Crippen molar-refractivity contribution in [3.05, 3.63) is 18.0 Å². The van der Waals surface area contributed by atoms with Gasteiger partial charge in [-0.15, -0.1) is 0 Å². The van der Waals surface area contributed by atoms with E-state index in [1.54, 1.807) is 0 Å². The molecule has 1 fully saturated rings. The lowest BCUT2D eigenvalue weighted by molar-refractivity contribution is 0.184. The summed E-state index contributed by atoms with van der Waals surface area (Å²) < 4.78 is 7.27. The molecule has 1 aliphatic rings. The lowest BCUT2D eigenvalue weighted by Gasteiger charge is -2.16. The fraction of sp³-hybridized carbons (Fsp3) is 0.727. The Morgan fingerprint density at radius 3 is 3.20 bits per heavy atom. The Balaban J connectivity index is 1.81. The van der Waals surface area contributed by atoms with Crippen LogP contribution < -0.4 is 5.32 Å². The quantitative estimate of drug-likeness (QED) is 0.807. The minimum absolute atomic E-state index is 0.359. The van der Waals surface area contributed by atoms with E-state index in [9.17, 15) is 0 Å². The lowest BCUT2D eigenvalue weighted by Crippen LogP contribution is -2.27. The normalized spacial score (nSPS) is 23.2. The van der Waals surface area contributed by atoms with Crippen LogP contribution >= 0.6 is 0 Å². The van der Waals surface area contributed by atoms with Crippen molar-refractivity contribution >= 4 is 0 Å². The van der Waals surface area contributed by atoms with Crippen molar-refractivity contribution in [1.82, 2.24) is 15.1 Å². The third-order valence-corrected chi connectivity index (χ3v) is 3.04. The topological polar surface area (TPSA) is 39.1 Å². The van der Waals surface area contributed by atoms with E-state index in [-0.39, 0.29) is 0 Å². The molecule has 2 heterocycles. The zero-order chi connectivity index (χ0) is 10.7. The van der Waals surface area contributed by atoms with Crippen LogP contribution in [0.3, 0.4) is 0 Å². The Kier molecular flexibility index (Phi) is 3.38. The maximum Gasteiger partial charge on any atom is 0.0547 e. The van der Waals surface area contributed by atoms with Crippen molar-refractivity contribution in [2.75, 3.05) is 19.8 Å². The van der Waals surface area contributed by atoms with Crippen LogP contribution in [0.2, 0.25) is 0 Å². The summed E-state index contributed by atoms with van der Waals surface area (Å²) in [6.07, 6.45) is 3.03. The average molecular weight is 209 g/mol. The Labute approximate surface area is 90.6 Å². The summed E-state index contributed by atoms with van der Waals surface area (Å²) in [4.78, 5) is 0. The van der Waals surface area contributed by atoms with Gasteiger partial charge >= 0.3 is 0 Å². The van der Waals surface area contributed by atoms with Gasteiger partial charge in [0.15, 0.2) is 0 Å². The van der Waals surface area contributed by atoms with Crippen LogP contribution in [0, 0.1) is 5.92 Å². The molecule has 15 heavy (non-hydrogen) atoms. The molecule has 2 atom stereocenters. The van der Waals surface area contributed by atoms with Crippen molar-refractivity contribution in [1.29, 1.82) is 0 Å². The number of nitrogens with one attached hydrogen (secondary N) is 1. The molecule has 0 amide bonds. The number of aryl methyl sites for hydroxylation is 1. The van der Waals surface area contributed by atoms with Gasteiger partial charge in [0, 0.05) is 32.4 Å². The third-order valence-electron chi connectivity index (χ3n) is 3.04. The molecule has 84 valence electrons. The summed E-state index contributed by atoms with van der Waals surface area (Å²) in [5.41, 5.74) is 1.23. The first-order valence-corrected chi connectivity index (χ1v) is 5.56. The monoisotopic (exact) mass is 209 g/mol. The highest BCUT2D eigenvalue weighted by molar-refractivity contribution is 5.05. The molecular weight excluding hydrogens is 190 g/mol. The van der Waals surface area contributed by atoms with Crippen LogP contribution in [0.5, 0.6) is 0 Å². The molecule has 1 aromatic heterocycles. The molecular formula is C11H19N3O. The van der Waals surface area contributed by atoms with Crippen LogP contribution in [-0.4, -0.2) is 29.5 Å². The molecule has 0 aliphatic carbocycles. The highest BCUT2D eigenvalue weighted by atomic mass is 16.5. The van der Waals surface area contributed by atoms with Gasteiger partial charge in [-0.05, 0) is 25.3 Å². The van der Waals surface area contributed by atoms with Gasteiger partial charge in [0.05, 0.1) is 12.3 Å². The number of aromatic nitrogens is 2. The van der Waals surface area contributed by atoms with Gasteiger partial charge in [-0.1, -0.05) is 0 Å². The van der Waals surface area contributed by atoms with Crippen LogP contribution in [0.15, 0.2) is 12.3 Å². The van der Waals surface area contributed by atoms with E-state index in [2.05, 4.69) is 23.4 Å². The molecule has 0 spiro atoms. The average Bonchev–Trinajstić information content (AvgIpc) is 2.84. The molecule has 4 heteroatoms. The Hall–Kier alpha value is -0.870. The second kappa shape index (κ2) is 4.77. The fourth-order valence-corrected chi connectivity index (χ4v) is 2.00. The predicted octanol–water partition coefficient (Wildman–Crippen LogP) is 1.11. The maximum absolute atomic E-state index is 5.35. The summed E-state index contributed by atoms with van der Waals surface area (Å²) in [7, 11) is 1.98. The molecule has 1 N–H and O–H groups in total. The second-order valence-corrected chi connectivity index (χ2v) is 4.24. The van der Waals surface area contributed by atoms with Crippen molar-refractivity contribution < 1.29 is 4.74 Å². The molecule has 2 rings (SSSR count). The van der Waals surface area contributed by atoms with Crippen molar-refractivity contribution in [2.24, 2.45) is 13.0 Å². The van der Waals surface area contributed by atoms with E-state index in [1.165, 1.54) is 12.1 Å². The summed E-state index contributed by atoms with van der Waals surface area (Å²) >= 11 is 0. The molecule has 1 aliphatic heterocycles. The molecule has 0 aromatic carbocycles. The standard InChI is InChI=1S/C11H19N3O/c1-9(11-3-5-13-14(11)2)12-7-10-4-6-15-8-10/h3,5,9-10,12H,4,6-8H2,1-2H3. The van der Waals surface area contributed by atoms with Crippen LogP contribution in [0.4, 0.5) is 0 Å². The SMILES string of the molecule is CC(NCC1CCOC1)c1ccnn1C. The van der Waals surface area contributed by atoms with Crippen molar-refractivity contribution in [3.63, 3.8) is 0 Å². The maximum atomic E-state index is 5.35. The predicted molar refractivity (Wildman–Crippen MR) is 58.6 cm³/mol.